The van der Waals surface area contributed by atoms with E-state index in [9.17, 15) is 14.4 Å². The van der Waals surface area contributed by atoms with Crippen LogP contribution < -0.4 is 4.43 Å². The quantitative estimate of drug-likeness (QED) is 0.177. The Morgan fingerprint density at radius 1 is 0.317 bits per heavy atom. The smallest absolute Gasteiger partial charge is 0.479 e. The van der Waals surface area contributed by atoms with Gasteiger partial charge in [0.1, 0.15) is 5.75 Å². The summed E-state index contributed by atoms with van der Waals surface area (Å²) < 4.78 is 5.89. The van der Waals surface area contributed by atoms with Gasteiger partial charge in [-0.1, -0.05) is 152 Å². The normalized spacial score (nSPS) is 11.3. The van der Waals surface area contributed by atoms with Crippen molar-refractivity contribution in [1.29, 1.82) is 0 Å². The molecule has 0 saturated heterocycles. The molecule has 0 aliphatic rings. The first kappa shape index (κ1) is 26.4. The molecule has 4 nitrogen and oxygen atoms in total. The van der Waals surface area contributed by atoms with E-state index in [4.69, 9.17) is 4.43 Å². The van der Waals surface area contributed by atoms with Crippen molar-refractivity contribution in [3.63, 3.8) is 0 Å². The first-order valence-electron chi connectivity index (χ1n) is 13.4. The molecule has 0 amide bonds. The van der Waals surface area contributed by atoms with Gasteiger partial charge in [-0.3, -0.25) is 0 Å². The van der Waals surface area contributed by atoms with E-state index < -0.39 is 9.05 Å². The Morgan fingerprint density at radius 3 is 0.780 bits per heavy atom. The van der Waals surface area contributed by atoms with Crippen LogP contribution in [-0.4, -0.2) is 23.4 Å². The molecule has 0 radical (unpaired) electrons. The van der Waals surface area contributed by atoms with E-state index in [1.54, 1.807) is 0 Å². The van der Waals surface area contributed by atoms with Crippen LogP contribution in [0, 0.1) is 0 Å². The summed E-state index contributed by atoms with van der Waals surface area (Å²) in [6.45, 7) is 0. The first-order valence-corrected chi connectivity index (χ1v) is 15.1. The summed E-state index contributed by atoms with van der Waals surface area (Å²) in [6.07, 6.45) is 0. The maximum atomic E-state index is 10.5. The van der Waals surface area contributed by atoms with Crippen molar-refractivity contribution in [3.05, 3.63) is 152 Å². The maximum absolute atomic E-state index is 10.5. The zero-order valence-electron chi connectivity index (χ0n) is 22.2. The summed E-state index contributed by atoms with van der Waals surface area (Å²) in [6, 6.07) is 49.7. The fourth-order valence-corrected chi connectivity index (χ4v) is 5.89. The lowest BCUT2D eigenvalue weighted by molar-refractivity contribution is 0.129. The standard InChI is InChI=1S/C36H28O4Si/c37-41(38,39)40-36-34(29-22-12-4-13-23-29)32(27-18-8-2-9-19-27)31(26-16-6-1-7-17-26)33(28-20-10-3-11-21-28)35(36)30-24-14-5-15-25-30/h1-25,37-39H. The van der Waals surface area contributed by atoms with Crippen molar-refractivity contribution in [3.8, 4) is 61.4 Å². The van der Waals surface area contributed by atoms with E-state index in [0.717, 1.165) is 44.5 Å². The van der Waals surface area contributed by atoms with E-state index in [-0.39, 0.29) is 5.75 Å². The molecule has 0 aliphatic heterocycles. The second-order valence-corrected chi connectivity index (χ2v) is 11.1. The largest absolute Gasteiger partial charge is 0.741 e. The molecule has 0 fully saturated rings. The number of hydrogen-bond acceptors (Lipinski definition) is 4. The summed E-state index contributed by atoms with van der Waals surface area (Å²) in [5, 5.41) is 0. The van der Waals surface area contributed by atoms with Crippen molar-refractivity contribution in [1.82, 2.24) is 0 Å². The second-order valence-electron chi connectivity index (χ2n) is 9.71. The highest BCUT2D eigenvalue weighted by molar-refractivity contribution is 6.49. The molecule has 0 unspecified atom stereocenters. The van der Waals surface area contributed by atoms with Crippen molar-refractivity contribution in [2.45, 2.75) is 0 Å². The Hall–Kier alpha value is -4.78. The zero-order chi connectivity index (χ0) is 28.2. The van der Waals surface area contributed by atoms with Gasteiger partial charge in [0.05, 0.1) is 0 Å². The second kappa shape index (κ2) is 11.4. The Morgan fingerprint density at radius 2 is 0.537 bits per heavy atom. The SMILES string of the molecule is O[Si](O)(O)Oc1c(-c2ccccc2)c(-c2ccccc2)c(-c2ccccc2)c(-c2ccccc2)c1-c1ccccc1. The summed E-state index contributed by atoms with van der Waals surface area (Å²) in [5.74, 6) is 0.207. The van der Waals surface area contributed by atoms with E-state index in [2.05, 4.69) is 12.1 Å². The highest BCUT2D eigenvalue weighted by Gasteiger charge is 2.38. The molecule has 6 aromatic carbocycles. The molecule has 0 heterocycles. The highest BCUT2D eigenvalue weighted by atomic mass is 28.4. The van der Waals surface area contributed by atoms with E-state index in [1.165, 1.54) is 0 Å². The van der Waals surface area contributed by atoms with Crippen LogP contribution in [0.3, 0.4) is 0 Å². The third kappa shape index (κ3) is 5.48. The van der Waals surface area contributed by atoms with E-state index in [0.29, 0.717) is 11.1 Å². The van der Waals surface area contributed by atoms with Crippen LogP contribution in [-0.2, 0) is 0 Å². The Labute approximate surface area is 240 Å². The van der Waals surface area contributed by atoms with Crippen LogP contribution in [0.4, 0.5) is 0 Å². The van der Waals surface area contributed by atoms with Crippen LogP contribution in [0.5, 0.6) is 5.75 Å². The predicted molar refractivity (Wildman–Crippen MR) is 167 cm³/mol. The molecule has 200 valence electrons. The third-order valence-corrected chi connectivity index (χ3v) is 7.48. The van der Waals surface area contributed by atoms with Crippen molar-refractivity contribution in [2.24, 2.45) is 0 Å². The molecule has 5 heteroatoms. The molecule has 0 aliphatic carbocycles. The molecule has 6 aromatic rings. The molecular formula is C36H28O4Si. The van der Waals surface area contributed by atoms with E-state index >= 15 is 0 Å². The van der Waals surface area contributed by atoms with Gasteiger partial charge in [0, 0.05) is 22.3 Å². The van der Waals surface area contributed by atoms with Crippen LogP contribution in [0.15, 0.2) is 152 Å². The fourth-order valence-electron chi connectivity index (χ4n) is 5.41. The van der Waals surface area contributed by atoms with Crippen LogP contribution in [0.25, 0.3) is 55.6 Å². The molecule has 0 spiro atoms. The van der Waals surface area contributed by atoms with Gasteiger partial charge < -0.3 is 18.8 Å². The van der Waals surface area contributed by atoms with Gasteiger partial charge in [-0.25, -0.2) is 0 Å². The minimum atomic E-state index is -5.07. The number of rotatable bonds is 7. The average Bonchev–Trinajstić information content (AvgIpc) is 3.01. The van der Waals surface area contributed by atoms with Gasteiger partial charge in [-0.2, -0.15) is 0 Å². The van der Waals surface area contributed by atoms with Crippen molar-refractivity contribution < 1.29 is 18.8 Å². The number of benzene rings is 6. The Balaban J connectivity index is 1.93. The van der Waals surface area contributed by atoms with Gasteiger partial charge in [0.2, 0.25) is 0 Å². The lowest BCUT2D eigenvalue weighted by atomic mass is 9.78. The van der Waals surface area contributed by atoms with Gasteiger partial charge in [-0.05, 0) is 33.4 Å². The molecule has 3 N–H and O–H groups in total. The monoisotopic (exact) mass is 552 g/mol. The molecule has 0 saturated carbocycles. The highest BCUT2D eigenvalue weighted by Crippen LogP contribution is 2.56. The summed E-state index contributed by atoms with van der Waals surface area (Å²) in [5.41, 5.74) is 8.46. The van der Waals surface area contributed by atoms with Crippen LogP contribution in [0.1, 0.15) is 0 Å². The third-order valence-electron chi connectivity index (χ3n) is 7.01. The molecular weight excluding hydrogens is 524 g/mol. The summed E-state index contributed by atoms with van der Waals surface area (Å²) in [4.78, 5) is 31.4. The minimum Gasteiger partial charge on any atom is -0.479 e. The van der Waals surface area contributed by atoms with Gasteiger partial charge in [0.25, 0.3) is 0 Å². The molecule has 0 aromatic heterocycles. The van der Waals surface area contributed by atoms with Gasteiger partial charge in [0.15, 0.2) is 0 Å². The lowest BCUT2D eigenvalue weighted by Crippen LogP contribution is -2.42. The average molecular weight is 553 g/mol. The molecule has 0 bridgehead atoms. The van der Waals surface area contributed by atoms with E-state index in [1.807, 2.05) is 140 Å². The van der Waals surface area contributed by atoms with Crippen molar-refractivity contribution >= 4 is 9.05 Å². The maximum Gasteiger partial charge on any atom is 0.741 e. The summed E-state index contributed by atoms with van der Waals surface area (Å²) in [7, 11) is -5.07. The minimum absolute atomic E-state index is 0.207. The lowest BCUT2D eigenvalue weighted by Gasteiger charge is -2.29. The Bertz CT molecular complexity index is 1650. The van der Waals surface area contributed by atoms with Crippen LogP contribution in [0.2, 0.25) is 0 Å². The summed E-state index contributed by atoms with van der Waals surface area (Å²) >= 11 is 0. The van der Waals surface area contributed by atoms with Gasteiger partial charge >= 0.3 is 9.05 Å². The molecule has 0 atom stereocenters. The zero-order valence-corrected chi connectivity index (χ0v) is 23.2. The Kier molecular flexibility index (Phi) is 7.33. The van der Waals surface area contributed by atoms with Crippen molar-refractivity contribution in [2.75, 3.05) is 0 Å². The number of hydrogen-bond donors (Lipinski definition) is 3. The fraction of sp³-hybridized carbons (Fsp3) is 0. The van der Waals surface area contributed by atoms with Gasteiger partial charge in [-0.15, -0.1) is 0 Å². The predicted octanol–water partition coefficient (Wildman–Crippen LogP) is 7.81. The first-order chi connectivity index (χ1) is 20.0. The topological polar surface area (TPSA) is 69.9 Å². The molecule has 6 rings (SSSR count). The van der Waals surface area contributed by atoms with Crippen LogP contribution >= 0.6 is 0 Å². The molecule has 41 heavy (non-hydrogen) atoms.